The molecule has 34 heavy (non-hydrogen) atoms. The summed E-state index contributed by atoms with van der Waals surface area (Å²) in [5.74, 6) is 0.472. The first-order valence-corrected chi connectivity index (χ1v) is 12.0. The van der Waals surface area contributed by atoms with Crippen LogP contribution in [0.25, 0.3) is 0 Å². The minimum atomic E-state index is -0.918. The van der Waals surface area contributed by atoms with Crippen molar-refractivity contribution < 1.29 is 23.9 Å². The fraction of sp³-hybridized carbons (Fsp3) is 0.640. The Morgan fingerprint density at radius 1 is 1.24 bits per heavy atom. The van der Waals surface area contributed by atoms with E-state index in [1.54, 1.807) is 36.3 Å². The monoisotopic (exact) mass is 474 g/mol. The maximum Gasteiger partial charge on any atom is 0.257 e. The minimum absolute atomic E-state index is 0.117. The van der Waals surface area contributed by atoms with E-state index < -0.39 is 11.8 Å². The van der Waals surface area contributed by atoms with Crippen LogP contribution in [-0.2, 0) is 14.3 Å². The maximum atomic E-state index is 13.8. The van der Waals surface area contributed by atoms with Gasteiger partial charge in [0.2, 0.25) is 11.8 Å². The molecule has 1 atom stereocenters. The van der Waals surface area contributed by atoms with Crippen LogP contribution < -0.4 is 10.1 Å². The van der Waals surface area contributed by atoms with E-state index in [0.29, 0.717) is 56.8 Å². The molecule has 0 saturated carbocycles. The number of carbonyl (C=O) groups excluding carboxylic acids is 3. The van der Waals surface area contributed by atoms with E-state index in [-0.39, 0.29) is 30.2 Å². The molecule has 3 amide bonds. The van der Waals surface area contributed by atoms with Crippen molar-refractivity contribution >= 4 is 17.7 Å². The Morgan fingerprint density at radius 2 is 1.94 bits per heavy atom. The fourth-order valence-corrected chi connectivity index (χ4v) is 4.57. The van der Waals surface area contributed by atoms with Gasteiger partial charge in [-0.2, -0.15) is 0 Å². The van der Waals surface area contributed by atoms with Crippen LogP contribution in [0.1, 0.15) is 43.5 Å². The summed E-state index contributed by atoms with van der Waals surface area (Å²) in [6.07, 6.45) is 1.43. The summed E-state index contributed by atoms with van der Waals surface area (Å²) in [6.45, 7) is 6.33. The molecule has 1 spiro atoms. The van der Waals surface area contributed by atoms with E-state index in [2.05, 4.69) is 5.32 Å². The molecule has 9 nitrogen and oxygen atoms in total. The molecule has 2 aliphatic heterocycles. The lowest BCUT2D eigenvalue weighted by atomic mass is 9.96. The number of benzene rings is 1. The average Bonchev–Trinajstić information content (AvgIpc) is 3.16. The van der Waals surface area contributed by atoms with E-state index in [1.165, 1.54) is 0 Å². The van der Waals surface area contributed by atoms with Gasteiger partial charge in [-0.25, -0.2) is 0 Å². The van der Waals surface area contributed by atoms with Gasteiger partial charge in [0.1, 0.15) is 17.5 Å². The Hall–Kier alpha value is -2.65. The summed E-state index contributed by atoms with van der Waals surface area (Å²) < 4.78 is 11.5. The maximum absolute atomic E-state index is 13.8. The Labute approximate surface area is 202 Å². The molecular weight excluding hydrogens is 436 g/mol. The highest BCUT2D eigenvalue weighted by Gasteiger charge is 2.54. The second kappa shape index (κ2) is 11.2. The third-order valence-corrected chi connectivity index (χ3v) is 6.44. The van der Waals surface area contributed by atoms with E-state index in [4.69, 9.17) is 9.47 Å². The molecule has 2 heterocycles. The van der Waals surface area contributed by atoms with Crippen molar-refractivity contribution in [2.24, 2.45) is 5.92 Å². The van der Waals surface area contributed by atoms with Crippen LogP contribution >= 0.6 is 0 Å². The number of likely N-dealkylation sites (N-methyl/N-ethyl adjacent to an activating group) is 1. The average molecular weight is 475 g/mol. The Kier molecular flexibility index (Phi) is 8.54. The van der Waals surface area contributed by atoms with Crippen molar-refractivity contribution in [3.05, 3.63) is 29.8 Å². The van der Waals surface area contributed by atoms with E-state index in [1.807, 2.05) is 37.7 Å². The number of nitrogens with one attached hydrogen (secondary N) is 1. The van der Waals surface area contributed by atoms with Gasteiger partial charge < -0.3 is 24.6 Å². The van der Waals surface area contributed by atoms with Gasteiger partial charge >= 0.3 is 0 Å². The third-order valence-electron chi connectivity index (χ3n) is 6.44. The zero-order valence-electron chi connectivity index (χ0n) is 21.0. The summed E-state index contributed by atoms with van der Waals surface area (Å²) in [5, 5.41) is 2.94. The SMILES string of the molecule is COc1cccc(C(=O)N2C(C(=O)NCCN(C)C)COC23CCN(C(=O)CC(C)C)CC3)c1. The van der Waals surface area contributed by atoms with Gasteiger partial charge in [-0.05, 0) is 38.2 Å². The van der Waals surface area contributed by atoms with Crippen molar-refractivity contribution in [3.8, 4) is 5.75 Å². The Balaban J connectivity index is 1.83. The zero-order valence-corrected chi connectivity index (χ0v) is 21.0. The summed E-state index contributed by atoms with van der Waals surface area (Å²) >= 11 is 0. The van der Waals surface area contributed by atoms with E-state index in [9.17, 15) is 14.4 Å². The van der Waals surface area contributed by atoms with Gasteiger partial charge in [-0.1, -0.05) is 19.9 Å². The molecule has 2 fully saturated rings. The molecule has 3 rings (SSSR count). The molecule has 1 N–H and O–H groups in total. The number of hydrogen-bond acceptors (Lipinski definition) is 6. The minimum Gasteiger partial charge on any atom is -0.497 e. The molecule has 0 bridgehead atoms. The lowest BCUT2D eigenvalue weighted by molar-refractivity contribution is -0.144. The van der Waals surface area contributed by atoms with Crippen LogP contribution in [0.2, 0.25) is 0 Å². The summed E-state index contributed by atoms with van der Waals surface area (Å²) in [5.41, 5.74) is -0.480. The van der Waals surface area contributed by atoms with Crippen molar-refractivity contribution in [1.82, 2.24) is 20.0 Å². The van der Waals surface area contributed by atoms with Gasteiger partial charge in [-0.15, -0.1) is 0 Å². The molecule has 2 saturated heterocycles. The summed E-state index contributed by atoms with van der Waals surface area (Å²) in [7, 11) is 5.43. The highest BCUT2D eigenvalue weighted by Crippen LogP contribution is 2.39. The molecule has 0 radical (unpaired) electrons. The topological polar surface area (TPSA) is 91.4 Å². The lowest BCUT2D eigenvalue weighted by Gasteiger charge is -2.44. The Morgan fingerprint density at radius 3 is 2.56 bits per heavy atom. The van der Waals surface area contributed by atoms with Crippen LogP contribution in [0.4, 0.5) is 0 Å². The van der Waals surface area contributed by atoms with Crippen LogP contribution in [0.5, 0.6) is 5.75 Å². The summed E-state index contributed by atoms with van der Waals surface area (Å²) in [4.78, 5) is 44.9. The standard InChI is InChI=1S/C25H38N4O5/c1-18(2)15-22(30)28-12-9-25(10-13-28)29(24(32)19-7-6-8-20(16-19)33-5)21(17-34-25)23(31)26-11-14-27(3)4/h6-8,16,18,21H,9-15,17H2,1-5H3,(H,26,31). The zero-order chi connectivity index (χ0) is 24.9. The number of methoxy groups -OCH3 is 1. The summed E-state index contributed by atoms with van der Waals surface area (Å²) in [6, 6.07) is 6.20. The number of nitrogens with zero attached hydrogens (tertiary/aromatic N) is 3. The number of rotatable bonds is 8. The number of ether oxygens (including phenoxy) is 2. The molecule has 1 aromatic rings. The molecule has 0 aromatic heterocycles. The molecule has 1 unspecified atom stereocenters. The van der Waals surface area contributed by atoms with Gasteiger partial charge in [0.15, 0.2) is 0 Å². The number of piperidine rings is 1. The van der Waals surface area contributed by atoms with Crippen molar-refractivity contribution in [2.45, 2.75) is 44.9 Å². The smallest absolute Gasteiger partial charge is 0.257 e. The highest BCUT2D eigenvalue weighted by molar-refractivity contribution is 5.98. The number of likely N-dealkylation sites (tertiary alicyclic amines) is 1. The van der Waals surface area contributed by atoms with E-state index in [0.717, 1.165) is 0 Å². The Bertz CT molecular complexity index is 880. The van der Waals surface area contributed by atoms with Gasteiger partial charge in [0.25, 0.3) is 5.91 Å². The second-order valence-corrected chi connectivity index (χ2v) is 9.75. The fourth-order valence-electron chi connectivity index (χ4n) is 4.57. The van der Waals surface area contributed by atoms with Crippen molar-refractivity contribution in [1.29, 1.82) is 0 Å². The van der Waals surface area contributed by atoms with Crippen LogP contribution in [0.3, 0.4) is 0 Å². The number of amides is 3. The number of carbonyl (C=O) groups is 3. The predicted molar refractivity (Wildman–Crippen MR) is 128 cm³/mol. The van der Waals surface area contributed by atoms with Crippen LogP contribution in [-0.4, -0.2) is 98.2 Å². The predicted octanol–water partition coefficient (Wildman–Crippen LogP) is 1.58. The van der Waals surface area contributed by atoms with Crippen LogP contribution in [0.15, 0.2) is 24.3 Å². The molecule has 2 aliphatic rings. The van der Waals surface area contributed by atoms with Gasteiger partial charge in [-0.3, -0.25) is 19.3 Å². The van der Waals surface area contributed by atoms with Gasteiger partial charge in [0.05, 0.1) is 13.7 Å². The molecule has 0 aliphatic carbocycles. The lowest BCUT2D eigenvalue weighted by Crippen LogP contribution is -2.60. The number of hydrogen-bond donors (Lipinski definition) is 1. The van der Waals surface area contributed by atoms with Crippen molar-refractivity contribution in [2.75, 3.05) is 54.0 Å². The second-order valence-electron chi connectivity index (χ2n) is 9.75. The molecule has 1 aromatic carbocycles. The van der Waals surface area contributed by atoms with E-state index >= 15 is 0 Å². The van der Waals surface area contributed by atoms with Crippen LogP contribution in [0, 0.1) is 5.92 Å². The quantitative estimate of drug-likeness (QED) is 0.615. The van der Waals surface area contributed by atoms with Gasteiger partial charge in [0, 0.05) is 51.0 Å². The molecule has 188 valence electrons. The molecule has 9 heteroatoms. The largest absolute Gasteiger partial charge is 0.497 e. The first kappa shape index (κ1) is 26.0. The van der Waals surface area contributed by atoms with Crippen molar-refractivity contribution in [3.63, 3.8) is 0 Å². The molecular formula is C25H38N4O5. The third kappa shape index (κ3) is 5.88. The first-order chi connectivity index (χ1) is 16.2. The highest BCUT2D eigenvalue weighted by atomic mass is 16.5. The normalized spacial score (nSPS) is 19.7. The first-order valence-electron chi connectivity index (χ1n) is 12.0.